The van der Waals surface area contributed by atoms with Gasteiger partial charge in [0.15, 0.2) is 11.5 Å². The highest BCUT2D eigenvalue weighted by molar-refractivity contribution is 6.38. The molecule has 2 heterocycles. The molecule has 0 spiro atoms. The second kappa shape index (κ2) is 10.6. The first-order valence-electron chi connectivity index (χ1n) is 11.7. The molecule has 2 aliphatic heterocycles. The minimum Gasteiger partial charge on any atom is -0.493 e. The molecule has 0 saturated carbocycles. The summed E-state index contributed by atoms with van der Waals surface area (Å²) in [4.78, 5) is 30.4. The van der Waals surface area contributed by atoms with E-state index in [0.29, 0.717) is 18.1 Å². The highest BCUT2D eigenvalue weighted by atomic mass is 16.5. The van der Waals surface area contributed by atoms with Gasteiger partial charge in [0.2, 0.25) is 5.78 Å². The third-order valence-electron chi connectivity index (χ3n) is 6.75. The van der Waals surface area contributed by atoms with Gasteiger partial charge in [-0.3, -0.25) is 14.5 Å². The molecule has 0 radical (unpaired) electrons. The van der Waals surface area contributed by atoms with E-state index in [1.54, 1.807) is 14.2 Å². The minimum absolute atomic E-state index is 0.109. The van der Waals surface area contributed by atoms with Crippen LogP contribution in [0.25, 0.3) is 0 Å². The van der Waals surface area contributed by atoms with Crippen molar-refractivity contribution in [3.8, 4) is 17.2 Å². The van der Waals surface area contributed by atoms with Gasteiger partial charge in [0.05, 0.1) is 14.2 Å². The molecule has 2 aliphatic rings. The number of benzene rings is 1. The number of hydrogen-bond acceptors (Lipinski definition) is 6. The molecular formula is C25H38N2O5. The maximum Gasteiger partial charge on any atom is 0.291 e. The predicted octanol–water partition coefficient (Wildman–Crippen LogP) is 3.54. The Hall–Kier alpha value is -2.28. The van der Waals surface area contributed by atoms with Crippen LogP contribution in [0.1, 0.15) is 52.9 Å². The molecule has 0 aliphatic carbocycles. The third kappa shape index (κ3) is 5.37. The average molecular weight is 447 g/mol. The molecule has 7 nitrogen and oxygen atoms in total. The van der Waals surface area contributed by atoms with Crippen LogP contribution >= 0.6 is 0 Å². The van der Waals surface area contributed by atoms with Crippen molar-refractivity contribution in [3.63, 3.8) is 0 Å². The lowest BCUT2D eigenvalue weighted by Crippen LogP contribution is -2.64. The van der Waals surface area contributed by atoms with Crippen molar-refractivity contribution in [1.29, 1.82) is 0 Å². The second-order valence-electron chi connectivity index (χ2n) is 9.54. The quantitative estimate of drug-likeness (QED) is 0.512. The summed E-state index contributed by atoms with van der Waals surface area (Å²) in [6, 6.07) is 5.75. The summed E-state index contributed by atoms with van der Waals surface area (Å²) in [6.45, 7) is 8.75. The minimum atomic E-state index is -0.593. The highest BCUT2D eigenvalue weighted by Crippen LogP contribution is 2.33. The van der Waals surface area contributed by atoms with Crippen molar-refractivity contribution in [2.24, 2.45) is 5.41 Å². The normalized spacial score (nSPS) is 21.2. The lowest BCUT2D eigenvalue weighted by atomic mass is 9.81. The first kappa shape index (κ1) is 24.4. The van der Waals surface area contributed by atoms with Gasteiger partial charge in [-0.25, -0.2) is 0 Å². The number of carbonyl (C=O) groups excluding carboxylic acids is 2. The van der Waals surface area contributed by atoms with E-state index in [2.05, 4.69) is 11.8 Å². The van der Waals surface area contributed by atoms with Crippen LogP contribution in [-0.4, -0.2) is 74.0 Å². The lowest BCUT2D eigenvalue weighted by molar-refractivity contribution is -0.157. The molecule has 2 bridgehead atoms. The fourth-order valence-electron chi connectivity index (χ4n) is 5.05. The van der Waals surface area contributed by atoms with Crippen molar-refractivity contribution in [1.82, 2.24) is 9.80 Å². The Morgan fingerprint density at radius 1 is 1.06 bits per heavy atom. The summed E-state index contributed by atoms with van der Waals surface area (Å²) >= 11 is 0. The zero-order chi connectivity index (χ0) is 23.3. The van der Waals surface area contributed by atoms with Crippen LogP contribution in [0.2, 0.25) is 0 Å². The summed E-state index contributed by atoms with van der Waals surface area (Å²) in [6.07, 6.45) is 4.66. The topological polar surface area (TPSA) is 68.3 Å². The fourth-order valence-corrected chi connectivity index (χ4v) is 5.05. The largest absolute Gasteiger partial charge is 0.493 e. The molecule has 32 heavy (non-hydrogen) atoms. The number of nitrogens with zero attached hydrogens (tertiary/aromatic N) is 2. The molecule has 2 atom stereocenters. The number of methoxy groups -OCH3 is 2. The van der Waals surface area contributed by atoms with E-state index in [9.17, 15) is 9.59 Å². The molecule has 2 unspecified atom stereocenters. The number of carbonyl (C=O) groups is 2. The molecule has 178 valence electrons. The molecule has 1 aromatic carbocycles. The summed E-state index contributed by atoms with van der Waals surface area (Å²) in [7, 11) is 3.22. The van der Waals surface area contributed by atoms with E-state index in [1.165, 1.54) is 0 Å². The molecule has 1 amide bonds. The molecule has 2 saturated heterocycles. The van der Waals surface area contributed by atoms with Gasteiger partial charge in [-0.05, 0) is 37.8 Å². The van der Waals surface area contributed by atoms with E-state index in [-0.39, 0.29) is 23.8 Å². The number of hydrogen-bond donors (Lipinski definition) is 0. The van der Waals surface area contributed by atoms with Crippen LogP contribution in [-0.2, 0) is 9.59 Å². The van der Waals surface area contributed by atoms with Gasteiger partial charge in [-0.15, -0.1) is 0 Å². The Balaban J connectivity index is 1.57. The average Bonchev–Trinajstić information content (AvgIpc) is 2.77. The van der Waals surface area contributed by atoms with Gasteiger partial charge < -0.3 is 19.1 Å². The van der Waals surface area contributed by atoms with Crippen LogP contribution in [0, 0.1) is 5.41 Å². The van der Waals surface area contributed by atoms with Crippen molar-refractivity contribution < 1.29 is 23.8 Å². The number of piperidine rings is 1. The number of ketones is 1. The van der Waals surface area contributed by atoms with Gasteiger partial charge in [-0.1, -0.05) is 27.2 Å². The maximum absolute atomic E-state index is 13.2. The summed E-state index contributed by atoms with van der Waals surface area (Å²) < 4.78 is 16.5. The monoisotopic (exact) mass is 446 g/mol. The van der Waals surface area contributed by atoms with E-state index >= 15 is 0 Å². The number of piperazine rings is 1. The van der Waals surface area contributed by atoms with Gasteiger partial charge in [0, 0.05) is 43.2 Å². The zero-order valence-corrected chi connectivity index (χ0v) is 20.2. The van der Waals surface area contributed by atoms with Crippen LogP contribution < -0.4 is 14.2 Å². The standard InChI is InChI=1S/C25H38N2O5/c1-6-12-25(2,3)23(28)24(29)27-18-8-7-9-19(27)17-26(16-18)13-14-32-20-10-11-21(30-4)22(15-20)31-5/h10-11,15,18-19H,6-9,12-14,16-17H2,1-5H3. The lowest BCUT2D eigenvalue weighted by Gasteiger charge is -2.50. The number of likely N-dealkylation sites (tertiary alicyclic amines) is 1. The Morgan fingerprint density at radius 3 is 2.31 bits per heavy atom. The third-order valence-corrected chi connectivity index (χ3v) is 6.75. The fraction of sp³-hybridized carbons (Fsp3) is 0.680. The predicted molar refractivity (Wildman–Crippen MR) is 123 cm³/mol. The molecule has 2 fully saturated rings. The van der Waals surface area contributed by atoms with Crippen LogP contribution in [0.5, 0.6) is 17.2 Å². The Labute approximate surface area is 192 Å². The van der Waals surface area contributed by atoms with E-state index < -0.39 is 5.41 Å². The Bertz CT molecular complexity index is 796. The van der Waals surface area contributed by atoms with Crippen LogP contribution in [0.3, 0.4) is 0 Å². The summed E-state index contributed by atoms with van der Waals surface area (Å²) in [5.74, 6) is 1.54. The van der Waals surface area contributed by atoms with Crippen molar-refractivity contribution >= 4 is 11.7 Å². The van der Waals surface area contributed by atoms with Crippen molar-refractivity contribution in [2.75, 3.05) is 40.5 Å². The van der Waals surface area contributed by atoms with Gasteiger partial charge in [0.25, 0.3) is 5.91 Å². The molecule has 7 heteroatoms. The number of amides is 1. The number of Topliss-reactive ketones (excluding diaryl/α,β-unsaturated/α-hetero) is 1. The zero-order valence-electron chi connectivity index (χ0n) is 20.2. The second-order valence-corrected chi connectivity index (χ2v) is 9.54. The Kier molecular flexibility index (Phi) is 8.04. The van der Waals surface area contributed by atoms with E-state index in [4.69, 9.17) is 14.2 Å². The van der Waals surface area contributed by atoms with E-state index in [1.807, 2.05) is 36.9 Å². The number of rotatable bonds is 10. The van der Waals surface area contributed by atoms with Crippen LogP contribution in [0.4, 0.5) is 0 Å². The molecule has 3 rings (SSSR count). The van der Waals surface area contributed by atoms with E-state index in [0.717, 1.165) is 57.5 Å². The van der Waals surface area contributed by atoms with Gasteiger partial charge in [0.1, 0.15) is 12.4 Å². The molecule has 0 N–H and O–H groups in total. The van der Waals surface area contributed by atoms with Gasteiger partial charge in [-0.2, -0.15) is 0 Å². The molecular weight excluding hydrogens is 408 g/mol. The van der Waals surface area contributed by atoms with Gasteiger partial charge >= 0.3 is 0 Å². The number of fused-ring (bicyclic) bond motifs is 2. The molecule has 1 aromatic rings. The highest BCUT2D eigenvalue weighted by Gasteiger charge is 2.44. The molecule has 0 aromatic heterocycles. The summed E-state index contributed by atoms with van der Waals surface area (Å²) in [5, 5.41) is 0. The van der Waals surface area contributed by atoms with Crippen molar-refractivity contribution in [3.05, 3.63) is 18.2 Å². The first-order chi connectivity index (χ1) is 15.3. The van der Waals surface area contributed by atoms with Crippen molar-refractivity contribution in [2.45, 2.75) is 65.0 Å². The maximum atomic E-state index is 13.2. The first-order valence-corrected chi connectivity index (χ1v) is 11.7. The summed E-state index contributed by atoms with van der Waals surface area (Å²) in [5.41, 5.74) is -0.593. The smallest absolute Gasteiger partial charge is 0.291 e. The van der Waals surface area contributed by atoms with Crippen LogP contribution in [0.15, 0.2) is 18.2 Å². The number of ether oxygens (including phenoxy) is 3. The SMILES string of the molecule is CCCC(C)(C)C(=O)C(=O)N1C2CCCC1CN(CCOc1ccc(OC)c(OC)c1)C2. The Morgan fingerprint density at radius 2 is 1.72 bits per heavy atom.